The monoisotopic (exact) mass is 252 g/mol. The third-order valence-corrected chi connectivity index (χ3v) is 1.56. The summed E-state index contributed by atoms with van der Waals surface area (Å²) < 4.78 is 0. The van der Waals surface area contributed by atoms with Crippen LogP contribution in [0.3, 0.4) is 0 Å². The number of carboxylic acids is 1. The Morgan fingerprint density at radius 2 is 2.13 bits per heavy atom. The van der Waals surface area contributed by atoms with Crippen LogP contribution in [0, 0.1) is 0 Å². The summed E-state index contributed by atoms with van der Waals surface area (Å²) in [6.45, 7) is 0.601. The average Bonchev–Trinajstić information content (AvgIpc) is 2.04. The second kappa shape index (κ2) is 8.47. The number of halogens is 2. The molecule has 0 atom stereocenters. The topological polar surface area (TPSA) is 53.4 Å². The number of aliphatic carboxylic acids is 1. The fraction of sp³-hybridized carbons (Fsp3) is 0.333. The van der Waals surface area contributed by atoms with Crippen molar-refractivity contribution in [1.82, 2.24) is 9.88 Å². The number of nitrogens with zero attached hydrogens (tertiary/aromatic N) is 2. The summed E-state index contributed by atoms with van der Waals surface area (Å²) in [6.07, 6.45) is 1.70. The minimum absolute atomic E-state index is 0. The van der Waals surface area contributed by atoms with Gasteiger partial charge in [0.15, 0.2) is 0 Å². The molecule has 1 N–H and O–H groups in total. The minimum atomic E-state index is -0.821. The van der Waals surface area contributed by atoms with E-state index in [1.807, 2.05) is 18.2 Å². The fourth-order valence-electron chi connectivity index (χ4n) is 1.06. The van der Waals surface area contributed by atoms with Gasteiger partial charge in [0.05, 0.1) is 12.2 Å². The quantitative estimate of drug-likeness (QED) is 0.882. The van der Waals surface area contributed by atoms with Gasteiger partial charge in [-0.2, -0.15) is 0 Å². The molecule has 6 heteroatoms. The van der Waals surface area contributed by atoms with Crippen LogP contribution in [0.4, 0.5) is 0 Å². The molecule has 0 aliphatic rings. The zero-order valence-electron chi connectivity index (χ0n) is 8.29. The maximum Gasteiger partial charge on any atom is 0.317 e. The molecule has 1 aromatic rings. The maximum atomic E-state index is 10.3. The van der Waals surface area contributed by atoms with E-state index in [0.29, 0.717) is 6.54 Å². The molecule has 86 valence electrons. The van der Waals surface area contributed by atoms with Crippen molar-refractivity contribution in [2.45, 2.75) is 6.54 Å². The Hall–Kier alpha value is -0.840. The first-order valence-corrected chi connectivity index (χ1v) is 3.98. The molecular weight excluding hydrogens is 239 g/mol. The van der Waals surface area contributed by atoms with Crippen molar-refractivity contribution < 1.29 is 9.90 Å². The van der Waals surface area contributed by atoms with Gasteiger partial charge in [-0.15, -0.1) is 24.8 Å². The first-order valence-electron chi connectivity index (χ1n) is 3.98. The molecule has 4 nitrogen and oxygen atoms in total. The normalized spacial score (nSPS) is 8.93. The van der Waals surface area contributed by atoms with Gasteiger partial charge in [0.1, 0.15) is 0 Å². The van der Waals surface area contributed by atoms with Gasteiger partial charge in [0.2, 0.25) is 0 Å². The van der Waals surface area contributed by atoms with Gasteiger partial charge in [-0.25, -0.2) is 0 Å². The molecule has 1 aromatic heterocycles. The van der Waals surface area contributed by atoms with Crippen LogP contribution >= 0.6 is 24.8 Å². The predicted octanol–water partition coefficient (Wildman–Crippen LogP) is 1.44. The number of carboxylic acid groups (broad SMARTS) is 1. The van der Waals surface area contributed by atoms with Crippen molar-refractivity contribution in [2.75, 3.05) is 13.6 Å². The van der Waals surface area contributed by atoms with E-state index in [4.69, 9.17) is 5.11 Å². The van der Waals surface area contributed by atoms with Gasteiger partial charge < -0.3 is 5.11 Å². The zero-order valence-corrected chi connectivity index (χ0v) is 9.92. The number of carbonyl (C=O) groups is 1. The number of hydrogen-bond acceptors (Lipinski definition) is 3. The molecule has 0 saturated carbocycles. The Bertz CT molecular complexity index is 283. The standard InChI is InChI=1S/C9H12N2O2.2ClH/c1-11(7-9(12)13)6-8-4-2-3-5-10-8;;/h2-5H,6-7H2,1H3,(H,12,13);2*1H. The Morgan fingerprint density at radius 3 is 2.60 bits per heavy atom. The van der Waals surface area contributed by atoms with Crippen molar-refractivity contribution in [3.8, 4) is 0 Å². The molecule has 1 rings (SSSR count). The third-order valence-electron chi connectivity index (χ3n) is 1.56. The highest BCUT2D eigenvalue weighted by atomic mass is 35.5. The first-order chi connectivity index (χ1) is 6.18. The molecule has 0 aromatic carbocycles. The highest BCUT2D eigenvalue weighted by Gasteiger charge is 2.04. The summed E-state index contributed by atoms with van der Waals surface area (Å²) >= 11 is 0. The molecule has 0 aliphatic heterocycles. The van der Waals surface area contributed by atoms with Gasteiger partial charge in [-0.05, 0) is 19.2 Å². The van der Waals surface area contributed by atoms with E-state index in [1.54, 1.807) is 18.1 Å². The molecule has 0 spiro atoms. The molecular formula is C9H14Cl2N2O2. The summed E-state index contributed by atoms with van der Waals surface area (Å²) in [6, 6.07) is 5.59. The van der Waals surface area contributed by atoms with Crippen LogP contribution in [0.5, 0.6) is 0 Å². The van der Waals surface area contributed by atoms with Gasteiger partial charge >= 0.3 is 5.97 Å². The van der Waals surface area contributed by atoms with Crippen LogP contribution in [0.1, 0.15) is 5.69 Å². The van der Waals surface area contributed by atoms with Crippen LogP contribution in [0.15, 0.2) is 24.4 Å². The highest BCUT2D eigenvalue weighted by Crippen LogP contribution is 1.97. The lowest BCUT2D eigenvalue weighted by Gasteiger charge is -2.12. The maximum absolute atomic E-state index is 10.3. The number of rotatable bonds is 4. The Labute approximate surface area is 101 Å². The molecule has 15 heavy (non-hydrogen) atoms. The molecule has 0 bridgehead atoms. The first kappa shape index (κ1) is 16.6. The van der Waals surface area contributed by atoms with Crippen molar-refractivity contribution in [1.29, 1.82) is 0 Å². The molecule has 1 heterocycles. The number of likely N-dealkylation sites (N-methyl/N-ethyl adjacent to an activating group) is 1. The third kappa shape index (κ3) is 7.13. The summed E-state index contributed by atoms with van der Waals surface area (Å²) in [4.78, 5) is 16.1. The van der Waals surface area contributed by atoms with E-state index in [0.717, 1.165) is 5.69 Å². The van der Waals surface area contributed by atoms with Crippen LogP contribution in [0.2, 0.25) is 0 Å². The summed E-state index contributed by atoms with van der Waals surface area (Å²) in [5.41, 5.74) is 0.881. The average molecular weight is 253 g/mol. The van der Waals surface area contributed by atoms with E-state index >= 15 is 0 Å². The largest absolute Gasteiger partial charge is 0.480 e. The SMILES string of the molecule is CN(CC(=O)O)Cc1ccccn1.Cl.Cl. The lowest BCUT2D eigenvalue weighted by Crippen LogP contribution is -2.25. The van der Waals surface area contributed by atoms with E-state index in [9.17, 15) is 4.79 Å². The molecule has 0 unspecified atom stereocenters. The molecule has 0 fully saturated rings. The van der Waals surface area contributed by atoms with Crippen LogP contribution in [-0.4, -0.2) is 34.6 Å². The Morgan fingerprint density at radius 1 is 1.47 bits per heavy atom. The van der Waals surface area contributed by atoms with E-state index in [1.165, 1.54) is 0 Å². The summed E-state index contributed by atoms with van der Waals surface area (Å²) in [7, 11) is 1.75. The zero-order chi connectivity index (χ0) is 9.68. The lowest BCUT2D eigenvalue weighted by molar-refractivity contribution is -0.138. The predicted molar refractivity (Wildman–Crippen MR) is 62.7 cm³/mol. The van der Waals surface area contributed by atoms with Crippen LogP contribution in [0.25, 0.3) is 0 Å². The van der Waals surface area contributed by atoms with E-state index in [2.05, 4.69) is 4.98 Å². The Kier molecular flexibility index (Phi) is 9.36. The lowest BCUT2D eigenvalue weighted by atomic mass is 10.3. The smallest absolute Gasteiger partial charge is 0.317 e. The Balaban J connectivity index is 0. The summed E-state index contributed by atoms with van der Waals surface area (Å²) in [5.74, 6) is -0.821. The number of hydrogen-bond donors (Lipinski definition) is 1. The molecule has 0 amide bonds. The van der Waals surface area contributed by atoms with Gasteiger partial charge in [-0.3, -0.25) is 14.7 Å². The second-order valence-electron chi connectivity index (χ2n) is 2.89. The summed E-state index contributed by atoms with van der Waals surface area (Å²) in [5, 5.41) is 8.50. The van der Waals surface area contributed by atoms with Gasteiger partial charge in [-0.1, -0.05) is 6.07 Å². The van der Waals surface area contributed by atoms with Gasteiger partial charge in [0, 0.05) is 12.7 Å². The number of pyridine rings is 1. The van der Waals surface area contributed by atoms with Crippen molar-refractivity contribution in [3.63, 3.8) is 0 Å². The molecule has 0 radical (unpaired) electrons. The van der Waals surface area contributed by atoms with Crippen molar-refractivity contribution in [2.24, 2.45) is 0 Å². The molecule has 0 saturated heterocycles. The number of aromatic nitrogens is 1. The second-order valence-corrected chi connectivity index (χ2v) is 2.89. The fourth-order valence-corrected chi connectivity index (χ4v) is 1.06. The van der Waals surface area contributed by atoms with Crippen molar-refractivity contribution >= 4 is 30.8 Å². The molecule has 0 aliphatic carbocycles. The van der Waals surface area contributed by atoms with Crippen molar-refractivity contribution in [3.05, 3.63) is 30.1 Å². The van der Waals surface area contributed by atoms with Gasteiger partial charge in [0.25, 0.3) is 0 Å². The minimum Gasteiger partial charge on any atom is -0.480 e. The highest BCUT2D eigenvalue weighted by molar-refractivity contribution is 5.85. The van der Waals surface area contributed by atoms with E-state index < -0.39 is 5.97 Å². The van der Waals surface area contributed by atoms with E-state index in [-0.39, 0.29) is 31.4 Å². The van der Waals surface area contributed by atoms with Crippen LogP contribution < -0.4 is 0 Å². The van der Waals surface area contributed by atoms with Crippen LogP contribution in [-0.2, 0) is 11.3 Å².